The second-order valence-electron chi connectivity index (χ2n) is 11.3. The van der Waals surface area contributed by atoms with E-state index in [1.807, 2.05) is 6.92 Å². The van der Waals surface area contributed by atoms with Crippen molar-refractivity contribution in [2.24, 2.45) is 5.41 Å². The zero-order valence-electron chi connectivity index (χ0n) is 21.9. The maximum Gasteiger partial charge on any atom is 0.417 e. The fraction of sp³-hybridized carbons (Fsp3) is 0.600. The summed E-state index contributed by atoms with van der Waals surface area (Å²) in [4.78, 5) is 34.8. The Morgan fingerprint density at radius 1 is 1.26 bits per heavy atom. The molecule has 2 aliphatic rings. The molecule has 2 aromatic heterocycles. The highest BCUT2D eigenvalue weighted by Gasteiger charge is 2.47. The summed E-state index contributed by atoms with van der Waals surface area (Å²) < 4.78 is 70.8. The molecule has 1 aliphatic heterocycles. The Bertz CT molecular complexity index is 1270. The van der Waals surface area contributed by atoms with Gasteiger partial charge in [0, 0.05) is 37.3 Å². The van der Waals surface area contributed by atoms with E-state index in [2.05, 4.69) is 20.6 Å². The molecule has 1 saturated carbocycles. The summed E-state index contributed by atoms with van der Waals surface area (Å²) in [6.45, 7) is 5.60. The lowest BCUT2D eigenvalue weighted by Gasteiger charge is -2.21. The lowest BCUT2D eigenvalue weighted by Crippen LogP contribution is -2.38. The van der Waals surface area contributed by atoms with Gasteiger partial charge in [0.05, 0.1) is 22.6 Å². The van der Waals surface area contributed by atoms with E-state index in [9.17, 15) is 36.6 Å². The molecular weight excluding hydrogens is 545 g/mol. The summed E-state index contributed by atoms with van der Waals surface area (Å²) in [7, 11) is 0. The van der Waals surface area contributed by atoms with Crippen molar-refractivity contribution < 1.29 is 36.6 Å². The molecule has 0 unspecified atom stereocenters. The van der Waals surface area contributed by atoms with Crippen molar-refractivity contribution in [3.8, 4) is 10.4 Å². The fourth-order valence-electron chi connectivity index (χ4n) is 4.20. The van der Waals surface area contributed by atoms with E-state index in [4.69, 9.17) is 0 Å². The van der Waals surface area contributed by atoms with Crippen LogP contribution in [0.5, 0.6) is 0 Å². The summed E-state index contributed by atoms with van der Waals surface area (Å²) in [6, 6.07) is -0.0690. The van der Waals surface area contributed by atoms with Gasteiger partial charge < -0.3 is 20.6 Å². The van der Waals surface area contributed by atoms with Crippen LogP contribution in [-0.2, 0) is 6.18 Å². The Labute approximate surface area is 226 Å². The minimum atomic E-state index is -4.86. The van der Waals surface area contributed by atoms with E-state index in [-0.39, 0.29) is 27.7 Å². The van der Waals surface area contributed by atoms with Gasteiger partial charge in [0.2, 0.25) is 0 Å². The monoisotopic (exact) mass is 575 g/mol. The van der Waals surface area contributed by atoms with Crippen LogP contribution in [0.2, 0.25) is 0 Å². The summed E-state index contributed by atoms with van der Waals surface area (Å²) in [6.07, 6.45) is -2.62. The molecule has 0 radical (unpaired) electrons. The van der Waals surface area contributed by atoms with Gasteiger partial charge in [-0.15, -0.1) is 11.3 Å². The molecule has 0 spiro atoms. The topological polar surface area (TPSA) is 107 Å². The maximum absolute atomic E-state index is 14.2. The lowest BCUT2D eigenvalue weighted by molar-refractivity contribution is -0.137. The van der Waals surface area contributed by atoms with Gasteiger partial charge in [-0.1, -0.05) is 6.92 Å². The maximum atomic E-state index is 14.2. The van der Waals surface area contributed by atoms with Gasteiger partial charge >= 0.3 is 6.18 Å². The average molecular weight is 576 g/mol. The lowest BCUT2D eigenvalue weighted by atomic mass is 10.1. The highest BCUT2D eigenvalue weighted by atomic mass is 32.1. The van der Waals surface area contributed by atoms with Crippen LogP contribution in [0.4, 0.5) is 27.8 Å². The predicted octanol–water partition coefficient (Wildman–Crippen LogP) is 4.81. The van der Waals surface area contributed by atoms with Crippen molar-refractivity contribution in [2.75, 3.05) is 25.0 Å². The Morgan fingerprint density at radius 2 is 1.92 bits per heavy atom. The van der Waals surface area contributed by atoms with Crippen LogP contribution in [0.25, 0.3) is 10.4 Å². The largest absolute Gasteiger partial charge is 0.417 e. The molecule has 2 fully saturated rings. The second kappa shape index (κ2) is 9.95. The molecule has 2 amide bonds. The van der Waals surface area contributed by atoms with Crippen LogP contribution in [0.3, 0.4) is 0 Å². The third-order valence-electron chi connectivity index (χ3n) is 6.75. The summed E-state index contributed by atoms with van der Waals surface area (Å²) in [5.41, 5.74) is -3.45. The number of halogens is 5. The number of anilines is 1. The molecule has 214 valence electrons. The number of thiazole rings is 1. The van der Waals surface area contributed by atoms with Gasteiger partial charge in [-0.3, -0.25) is 9.59 Å². The molecule has 0 aromatic carbocycles. The number of nitrogens with one attached hydrogen (secondary N) is 2. The van der Waals surface area contributed by atoms with Crippen molar-refractivity contribution in [3.05, 3.63) is 28.5 Å². The number of carbonyl (C=O) groups excluding carboxylic acids is 2. The number of carbonyl (C=O) groups is 2. The summed E-state index contributed by atoms with van der Waals surface area (Å²) >= 11 is 0.523. The van der Waals surface area contributed by atoms with Crippen LogP contribution in [0.15, 0.2) is 12.3 Å². The van der Waals surface area contributed by atoms with E-state index < -0.39 is 65.3 Å². The van der Waals surface area contributed by atoms with Crippen molar-refractivity contribution in [1.82, 2.24) is 20.2 Å². The van der Waals surface area contributed by atoms with Gasteiger partial charge in [-0.25, -0.2) is 18.7 Å². The highest BCUT2D eigenvalue weighted by molar-refractivity contribution is 7.17. The Hall–Kier alpha value is -2.87. The molecule has 14 heteroatoms. The minimum Gasteiger partial charge on any atom is -0.389 e. The molecule has 1 atom stereocenters. The van der Waals surface area contributed by atoms with E-state index >= 15 is 0 Å². The van der Waals surface area contributed by atoms with Crippen LogP contribution in [0.1, 0.15) is 72.8 Å². The second-order valence-corrected chi connectivity index (χ2v) is 12.3. The minimum absolute atomic E-state index is 0.00408. The van der Waals surface area contributed by atoms with E-state index in [1.54, 1.807) is 0 Å². The number of amides is 2. The molecule has 0 bridgehead atoms. The number of nitrogens with zero attached hydrogens (tertiary/aromatic N) is 3. The van der Waals surface area contributed by atoms with Crippen LogP contribution >= 0.6 is 11.3 Å². The molecule has 1 saturated heterocycles. The number of hydrogen-bond donors (Lipinski definition) is 3. The predicted molar refractivity (Wildman–Crippen MR) is 135 cm³/mol. The Balaban J connectivity index is 1.77. The van der Waals surface area contributed by atoms with Crippen LogP contribution in [0, 0.1) is 5.41 Å². The number of aliphatic hydroxyl groups is 1. The van der Waals surface area contributed by atoms with Gasteiger partial charge in [0.15, 0.2) is 5.01 Å². The molecule has 8 nitrogen and oxygen atoms in total. The normalized spacial score (nSPS) is 20.2. The van der Waals surface area contributed by atoms with Gasteiger partial charge in [-0.05, 0) is 45.1 Å². The van der Waals surface area contributed by atoms with Crippen molar-refractivity contribution in [2.45, 2.75) is 70.7 Å². The quantitative estimate of drug-likeness (QED) is 0.390. The molecule has 4 rings (SSSR count). The standard InChI is InChI=1S/C25H30F5N5O3S/c1-13-8-24(26,27)12-35(13)21(37)17-18(39-20(34-17)19(36)33-10-22(2,3)38)14-9-31-16(7-15(14)25(28,29)30)32-11-23(4)5-6-23/h7,9,13,38H,5-6,8,10-12H2,1-4H3,(H,31,32)(H,33,36)/t13-/m0/s1. The van der Waals surface area contributed by atoms with Gasteiger partial charge in [0.25, 0.3) is 17.7 Å². The Morgan fingerprint density at radius 3 is 2.46 bits per heavy atom. The molecule has 2 aromatic rings. The number of hydrogen-bond acceptors (Lipinski definition) is 7. The third-order valence-corrected chi connectivity index (χ3v) is 7.84. The third kappa shape index (κ3) is 6.83. The highest BCUT2D eigenvalue weighted by Crippen LogP contribution is 2.46. The molecular formula is C25H30F5N5O3S. The van der Waals surface area contributed by atoms with Crippen molar-refractivity contribution >= 4 is 29.0 Å². The SMILES string of the molecule is C[C@H]1CC(F)(F)CN1C(=O)c1nc(C(=O)NCC(C)(C)O)sc1-c1cnc(NCC2(C)CC2)cc1C(F)(F)F. The fourth-order valence-corrected chi connectivity index (χ4v) is 5.20. The van der Waals surface area contributed by atoms with E-state index in [1.165, 1.54) is 20.8 Å². The van der Waals surface area contributed by atoms with Crippen molar-refractivity contribution in [3.63, 3.8) is 0 Å². The number of alkyl halides is 5. The summed E-state index contributed by atoms with van der Waals surface area (Å²) in [5.74, 6) is -5.01. The van der Waals surface area contributed by atoms with Crippen LogP contribution < -0.4 is 10.6 Å². The first-order valence-electron chi connectivity index (χ1n) is 12.4. The summed E-state index contributed by atoms with van der Waals surface area (Å²) in [5, 5.41) is 14.9. The first-order chi connectivity index (χ1) is 17.9. The average Bonchev–Trinajstić information content (AvgIpc) is 3.27. The molecule has 3 heterocycles. The smallest absolute Gasteiger partial charge is 0.389 e. The first-order valence-corrected chi connectivity index (χ1v) is 13.2. The first kappa shape index (κ1) is 29.1. The molecule has 3 N–H and O–H groups in total. The molecule has 39 heavy (non-hydrogen) atoms. The molecule has 1 aliphatic carbocycles. The number of pyridine rings is 1. The Kier molecular flexibility index (Phi) is 7.43. The van der Waals surface area contributed by atoms with E-state index in [0.29, 0.717) is 17.9 Å². The zero-order chi connectivity index (χ0) is 29.0. The van der Waals surface area contributed by atoms with Crippen molar-refractivity contribution in [1.29, 1.82) is 0 Å². The number of likely N-dealkylation sites (tertiary alicyclic amines) is 1. The number of aromatic nitrogens is 2. The number of rotatable bonds is 8. The van der Waals surface area contributed by atoms with Gasteiger partial charge in [-0.2, -0.15) is 13.2 Å². The van der Waals surface area contributed by atoms with E-state index in [0.717, 1.165) is 30.0 Å². The van der Waals surface area contributed by atoms with Crippen LogP contribution in [-0.4, -0.2) is 69.0 Å². The van der Waals surface area contributed by atoms with Gasteiger partial charge in [0.1, 0.15) is 11.5 Å². The zero-order valence-corrected chi connectivity index (χ0v) is 22.7.